The van der Waals surface area contributed by atoms with Crippen molar-refractivity contribution < 1.29 is 14.4 Å². The summed E-state index contributed by atoms with van der Waals surface area (Å²) in [5.41, 5.74) is 2.21. The van der Waals surface area contributed by atoms with Gasteiger partial charge in [-0.3, -0.25) is 0 Å². The van der Waals surface area contributed by atoms with E-state index >= 15 is 0 Å². The summed E-state index contributed by atoms with van der Waals surface area (Å²) in [7, 11) is 0. The number of carbonyl (C=O) groups excluding carboxylic acids is 1. The first-order chi connectivity index (χ1) is 12.8. The molecule has 0 amide bonds. The van der Waals surface area contributed by atoms with Crippen LogP contribution in [0.15, 0.2) is 54.6 Å². The van der Waals surface area contributed by atoms with Gasteiger partial charge in [0, 0.05) is 19.1 Å². The van der Waals surface area contributed by atoms with E-state index in [0.717, 1.165) is 25.0 Å². The molecular weight excluding hydrogens is 328 g/mol. The van der Waals surface area contributed by atoms with Crippen molar-refractivity contribution in [3.05, 3.63) is 71.3 Å². The van der Waals surface area contributed by atoms with Gasteiger partial charge in [0.2, 0.25) is 0 Å². The molecule has 0 aliphatic carbocycles. The molecule has 0 spiro atoms. The fraction of sp³-hybridized carbons (Fsp3) is 0.333. The molecule has 0 radical (unpaired) electrons. The number of ether oxygens (including phenoxy) is 1. The van der Waals surface area contributed by atoms with Crippen LogP contribution in [0.25, 0.3) is 0 Å². The first-order valence-electron chi connectivity index (χ1n) is 8.92. The highest BCUT2D eigenvalue weighted by Gasteiger charge is 2.44. The van der Waals surface area contributed by atoms with Gasteiger partial charge >= 0.3 is 5.97 Å². The van der Waals surface area contributed by atoms with E-state index in [2.05, 4.69) is 6.07 Å². The Bertz CT molecular complexity index is 813. The lowest BCUT2D eigenvalue weighted by Crippen LogP contribution is -2.45. The molecular formula is C21H20N2O3. The highest BCUT2D eigenvalue weighted by Crippen LogP contribution is 2.42. The van der Waals surface area contributed by atoms with E-state index in [-0.39, 0.29) is 24.0 Å². The van der Waals surface area contributed by atoms with Gasteiger partial charge in [0.25, 0.3) is 0 Å². The third kappa shape index (κ3) is 3.22. The molecule has 0 saturated carbocycles. The van der Waals surface area contributed by atoms with E-state index in [1.807, 2.05) is 42.5 Å². The van der Waals surface area contributed by atoms with E-state index in [4.69, 9.17) is 14.8 Å². The molecule has 2 aromatic rings. The molecule has 5 nitrogen and oxygen atoms in total. The van der Waals surface area contributed by atoms with Gasteiger partial charge in [-0.2, -0.15) is 5.26 Å². The number of fused-ring (bicyclic) bond motifs is 1. The van der Waals surface area contributed by atoms with Crippen molar-refractivity contribution in [2.24, 2.45) is 5.92 Å². The lowest BCUT2D eigenvalue weighted by Gasteiger charge is -2.40. The Morgan fingerprint density at radius 1 is 1.12 bits per heavy atom. The van der Waals surface area contributed by atoms with Crippen molar-refractivity contribution in [2.75, 3.05) is 13.2 Å². The highest BCUT2D eigenvalue weighted by molar-refractivity contribution is 5.89. The maximum absolute atomic E-state index is 12.5. The van der Waals surface area contributed by atoms with Gasteiger partial charge in [-0.1, -0.05) is 30.3 Å². The quantitative estimate of drug-likeness (QED) is 0.850. The second kappa shape index (κ2) is 7.28. The predicted molar refractivity (Wildman–Crippen MR) is 94.9 cm³/mol. The zero-order chi connectivity index (χ0) is 17.9. The molecule has 2 aliphatic heterocycles. The van der Waals surface area contributed by atoms with Crippen molar-refractivity contribution >= 4 is 5.97 Å². The molecule has 3 atom stereocenters. The molecule has 0 aromatic heterocycles. The standard InChI is InChI=1S/C21H20N2O3/c22-14-15-6-8-16(9-7-15)20-18-11-13-25-19(18)10-12-23(20)26-21(24)17-4-2-1-3-5-17/h1-9,18-20H,10-13H2. The normalized spacial score (nSPS) is 25.3. The smallest absolute Gasteiger partial charge is 0.357 e. The number of benzene rings is 2. The third-order valence-corrected chi connectivity index (χ3v) is 5.20. The number of nitriles is 1. The molecule has 2 saturated heterocycles. The monoisotopic (exact) mass is 348 g/mol. The van der Waals surface area contributed by atoms with Gasteiger partial charge in [0.1, 0.15) is 0 Å². The van der Waals surface area contributed by atoms with Crippen molar-refractivity contribution in [3.63, 3.8) is 0 Å². The first kappa shape index (κ1) is 16.8. The van der Waals surface area contributed by atoms with Gasteiger partial charge < -0.3 is 9.57 Å². The van der Waals surface area contributed by atoms with E-state index in [1.54, 1.807) is 17.2 Å². The number of rotatable bonds is 3. The molecule has 0 bridgehead atoms. The van der Waals surface area contributed by atoms with E-state index in [9.17, 15) is 4.79 Å². The SMILES string of the molecule is N#Cc1ccc(C2C3CCOC3CCN2OC(=O)c2ccccc2)cc1. The molecule has 2 aliphatic rings. The highest BCUT2D eigenvalue weighted by atomic mass is 16.7. The summed E-state index contributed by atoms with van der Waals surface area (Å²) in [5.74, 6) is -0.0677. The molecule has 5 heteroatoms. The third-order valence-electron chi connectivity index (χ3n) is 5.20. The Labute approximate surface area is 152 Å². The zero-order valence-corrected chi connectivity index (χ0v) is 14.4. The van der Waals surface area contributed by atoms with Crippen molar-refractivity contribution in [1.82, 2.24) is 5.06 Å². The van der Waals surface area contributed by atoms with Crippen LogP contribution in [0.3, 0.4) is 0 Å². The van der Waals surface area contributed by atoms with Crippen molar-refractivity contribution in [2.45, 2.75) is 25.0 Å². The Morgan fingerprint density at radius 2 is 1.88 bits per heavy atom. The maximum atomic E-state index is 12.5. The van der Waals surface area contributed by atoms with Crippen LogP contribution in [0, 0.1) is 17.2 Å². The summed E-state index contributed by atoms with van der Waals surface area (Å²) in [6.07, 6.45) is 1.98. The minimum atomic E-state index is -0.346. The number of hydrogen-bond acceptors (Lipinski definition) is 5. The van der Waals surface area contributed by atoms with Crippen LogP contribution in [0.1, 0.15) is 40.4 Å². The second-order valence-corrected chi connectivity index (χ2v) is 6.71. The minimum absolute atomic E-state index is 0.0587. The second-order valence-electron chi connectivity index (χ2n) is 6.71. The van der Waals surface area contributed by atoms with Crippen molar-refractivity contribution in [3.8, 4) is 6.07 Å². The predicted octanol–water partition coefficient (Wildman–Crippen LogP) is 3.48. The van der Waals surface area contributed by atoms with Crippen LogP contribution in [-0.2, 0) is 9.57 Å². The number of carbonyl (C=O) groups is 1. The first-order valence-corrected chi connectivity index (χ1v) is 8.92. The molecule has 3 unspecified atom stereocenters. The summed E-state index contributed by atoms with van der Waals surface area (Å²) in [5, 5.41) is 10.8. The molecule has 2 aromatic carbocycles. The summed E-state index contributed by atoms with van der Waals surface area (Å²) in [4.78, 5) is 18.3. The lowest BCUT2D eigenvalue weighted by molar-refractivity contribution is -0.180. The van der Waals surface area contributed by atoms with Crippen LogP contribution >= 0.6 is 0 Å². The fourth-order valence-electron chi connectivity index (χ4n) is 3.93. The van der Waals surface area contributed by atoms with Crippen LogP contribution < -0.4 is 0 Å². The van der Waals surface area contributed by atoms with E-state index < -0.39 is 0 Å². The van der Waals surface area contributed by atoms with Gasteiger partial charge in [-0.15, -0.1) is 5.06 Å². The van der Waals surface area contributed by atoms with Gasteiger partial charge in [0.15, 0.2) is 0 Å². The van der Waals surface area contributed by atoms with Crippen LogP contribution in [-0.4, -0.2) is 30.3 Å². The Hall–Kier alpha value is -2.68. The molecule has 4 rings (SSSR count). The maximum Gasteiger partial charge on any atom is 0.357 e. The molecule has 0 N–H and O–H groups in total. The largest absolute Gasteiger partial charge is 0.378 e. The number of piperidine rings is 1. The van der Waals surface area contributed by atoms with Crippen LogP contribution in [0.4, 0.5) is 0 Å². The average molecular weight is 348 g/mol. The Balaban J connectivity index is 1.61. The number of hydroxylamine groups is 2. The molecule has 132 valence electrons. The van der Waals surface area contributed by atoms with Crippen molar-refractivity contribution in [1.29, 1.82) is 5.26 Å². The topological polar surface area (TPSA) is 62.6 Å². The zero-order valence-electron chi connectivity index (χ0n) is 14.4. The molecule has 2 heterocycles. The summed E-state index contributed by atoms with van der Waals surface area (Å²) >= 11 is 0. The molecule has 26 heavy (non-hydrogen) atoms. The van der Waals surface area contributed by atoms with Gasteiger partial charge in [-0.25, -0.2) is 4.79 Å². The fourth-order valence-corrected chi connectivity index (χ4v) is 3.93. The van der Waals surface area contributed by atoms with Gasteiger partial charge in [0.05, 0.1) is 29.3 Å². The van der Waals surface area contributed by atoms with E-state index in [1.165, 1.54) is 0 Å². The van der Waals surface area contributed by atoms with Crippen LogP contribution in [0.2, 0.25) is 0 Å². The number of hydrogen-bond donors (Lipinski definition) is 0. The average Bonchev–Trinajstić information content (AvgIpc) is 3.17. The minimum Gasteiger partial charge on any atom is -0.378 e. The number of nitrogens with zero attached hydrogens (tertiary/aromatic N) is 2. The van der Waals surface area contributed by atoms with Gasteiger partial charge in [-0.05, 0) is 42.7 Å². The summed E-state index contributed by atoms with van der Waals surface area (Å²) in [6, 6.07) is 18.6. The molecule has 2 fully saturated rings. The Kier molecular flexibility index (Phi) is 4.70. The van der Waals surface area contributed by atoms with Crippen LogP contribution in [0.5, 0.6) is 0 Å². The van der Waals surface area contributed by atoms with E-state index in [0.29, 0.717) is 17.7 Å². The summed E-state index contributed by atoms with van der Waals surface area (Å²) in [6.45, 7) is 1.37. The Morgan fingerprint density at radius 3 is 2.62 bits per heavy atom. The lowest BCUT2D eigenvalue weighted by atomic mass is 9.83. The summed E-state index contributed by atoms with van der Waals surface area (Å²) < 4.78 is 5.87.